The summed E-state index contributed by atoms with van der Waals surface area (Å²) in [5.74, 6) is -2.79. The van der Waals surface area contributed by atoms with Crippen LogP contribution in [0.5, 0.6) is 0 Å². The van der Waals surface area contributed by atoms with Gasteiger partial charge < -0.3 is 10.4 Å². The zero-order valence-electron chi connectivity index (χ0n) is 11.0. The molecule has 0 aromatic carbocycles. The molecule has 0 aliphatic heterocycles. The van der Waals surface area contributed by atoms with Gasteiger partial charge in [-0.3, -0.25) is 4.79 Å². The standard InChI is InChI=1S/C14H17FN2O3/c15-12-10(7-4-8-16-12)13(18)17-11(14(19)20)9-5-2-1-3-6-9/h4,7-9,11H,1-3,5-6H2,(H,17,18)(H,19,20). The number of carbonyl (C=O) groups excluding carboxylic acids is 1. The van der Waals surface area contributed by atoms with Gasteiger partial charge in [-0.25, -0.2) is 9.78 Å². The average molecular weight is 280 g/mol. The number of carboxylic acid groups (broad SMARTS) is 1. The summed E-state index contributed by atoms with van der Waals surface area (Å²) in [6, 6.07) is 1.76. The van der Waals surface area contributed by atoms with E-state index in [1.807, 2.05) is 0 Å². The molecular formula is C14H17FN2O3. The molecule has 1 aromatic heterocycles. The predicted octanol–water partition coefficient (Wildman–Crippen LogP) is 1.98. The van der Waals surface area contributed by atoms with Gasteiger partial charge in [-0.1, -0.05) is 19.3 Å². The first-order valence-electron chi connectivity index (χ1n) is 6.74. The maximum absolute atomic E-state index is 13.4. The minimum atomic E-state index is -1.07. The number of carbonyl (C=O) groups is 2. The summed E-state index contributed by atoms with van der Waals surface area (Å²) in [6.45, 7) is 0. The van der Waals surface area contributed by atoms with Crippen LogP contribution < -0.4 is 5.32 Å². The summed E-state index contributed by atoms with van der Waals surface area (Å²) in [6.07, 6.45) is 5.80. The summed E-state index contributed by atoms with van der Waals surface area (Å²) in [7, 11) is 0. The lowest BCUT2D eigenvalue weighted by Gasteiger charge is -2.28. The van der Waals surface area contributed by atoms with Crippen molar-refractivity contribution in [1.82, 2.24) is 10.3 Å². The number of pyridine rings is 1. The van der Waals surface area contributed by atoms with Crippen molar-refractivity contribution < 1.29 is 19.1 Å². The van der Waals surface area contributed by atoms with Gasteiger partial charge in [0.15, 0.2) is 0 Å². The molecule has 20 heavy (non-hydrogen) atoms. The molecule has 0 spiro atoms. The van der Waals surface area contributed by atoms with Crippen LogP contribution in [-0.4, -0.2) is 28.0 Å². The Hall–Kier alpha value is -1.98. The number of amides is 1. The number of nitrogens with zero attached hydrogens (tertiary/aromatic N) is 1. The number of rotatable bonds is 4. The Labute approximate surface area is 116 Å². The predicted molar refractivity (Wildman–Crippen MR) is 69.7 cm³/mol. The van der Waals surface area contributed by atoms with Crippen molar-refractivity contribution in [3.63, 3.8) is 0 Å². The van der Waals surface area contributed by atoms with Gasteiger partial charge in [-0.15, -0.1) is 0 Å². The lowest BCUT2D eigenvalue weighted by Crippen LogP contribution is -2.46. The second-order valence-corrected chi connectivity index (χ2v) is 5.03. The Kier molecular flexibility index (Phi) is 4.65. The second kappa shape index (κ2) is 6.45. The third kappa shape index (κ3) is 3.31. The van der Waals surface area contributed by atoms with Crippen LogP contribution >= 0.6 is 0 Å². The summed E-state index contributed by atoms with van der Waals surface area (Å²) in [4.78, 5) is 26.7. The highest BCUT2D eigenvalue weighted by Crippen LogP contribution is 2.26. The second-order valence-electron chi connectivity index (χ2n) is 5.03. The third-order valence-corrected chi connectivity index (χ3v) is 3.68. The van der Waals surface area contributed by atoms with E-state index in [-0.39, 0.29) is 11.5 Å². The maximum Gasteiger partial charge on any atom is 0.326 e. The normalized spacial score (nSPS) is 17.4. The molecule has 0 saturated heterocycles. The van der Waals surface area contributed by atoms with Crippen LogP contribution in [0.3, 0.4) is 0 Å². The molecule has 0 bridgehead atoms. The van der Waals surface area contributed by atoms with E-state index in [0.29, 0.717) is 0 Å². The van der Waals surface area contributed by atoms with E-state index in [0.717, 1.165) is 32.1 Å². The highest BCUT2D eigenvalue weighted by atomic mass is 19.1. The van der Waals surface area contributed by atoms with Crippen LogP contribution in [0.1, 0.15) is 42.5 Å². The van der Waals surface area contributed by atoms with E-state index < -0.39 is 23.9 Å². The lowest BCUT2D eigenvalue weighted by molar-refractivity contribution is -0.141. The molecule has 1 saturated carbocycles. The molecule has 1 atom stereocenters. The van der Waals surface area contributed by atoms with Crippen LogP contribution in [0.25, 0.3) is 0 Å². The van der Waals surface area contributed by atoms with Crippen LogP contribution in [-0.2, 0) is 4.79 Å². The van der Waals surface area contributed by atoms with Crippen molar-refractivity contribution in [2.45, 2.75) is 38.1 Å². The molecular weight excluding hydrogens is 263 g/mol. The highest BCUT2D eigenvalue weighted by Gasteiger charge is 2.31. The molecule has 5 nitrogen and oxygen atoms in total. The first-order chi connectivity index (χ1) is 9.59. The van der Waals surface area contributed by atoms with Gasteiger partial charge >= 0.3 is 5.97 Å². The van der Waals surface area contributed by atoms with E-state index in [9.17, 15) is 19.1 Å². The van der Waals surface area contributed by atoms with Gasteiger partial charge in [0.2, 0.25) is 5.95 Å². The first-order valence-corrected chi connectivity index (χ1v) is 6.74. The molecule has 1 heterocycles. The molecule has 1 fully saturated rings. The molecule has 108 valence electrons. The van der Waals surface area contributed by atoms with Crippen molar-refractivity contribution in [1.29, 1.82) is 0 Å². The number of hydrogen-bond donors (Lipinski definition) is 2. The molecule has 2 rings (SSSR count). The number of carboxylic acids is 1. The van der Waals surface area contributed by atoms with Gasteiger partial charge in [0.1, 0.15) is 6.04 Å². The summed E-state index contributed by atoms with van der Waals surface area (Å²) >= 11 is 0. The minimum Gasteiger partial charge on any atom is -0.480 e. The topological polar surface area (TPSA) is 79.3 Å². The van der Waals surface area contributed by atoms with E-state index in [1.165, 1.54) is 18.3 Å². The van der Waals surface area contributed by atoms with Crippen molar-refractivity contribution >= 4 is 11.9 Å². The number of nitrogens with one attached hydrogen (secondary N) is 1. The molecule has 1 aromatic rings. The van der Waals surface area contributed by atoms with E-state index in [4.69, 9.17) is 0 Å². The third-order valence-electron chi connectivity index (χ3n) is 3.68. The SMILES string of the molecule is O=C(NC(C(=O)O)C1CCCCC1)c1cccnc1F. The molecule has 6 heteroatoms. The summed E-state index contributed by atoms with van der Waals surface area (Å²) in [5.41, 5.74) is -0.227. The number of halogens is 1. The Balaban J connectivity index is 2.10. The largest absolute Gasteiger partial charge is 0.480 e. The molecule has 2 N–H and O–H groups in total. The molecule has 1 amide bonds. The average Bonchev–Trinajstić information content (AvgIpc) is 2.45. The fourth-order valence-electron chi connectivity index (χ4n) is 2.62. The summed E-state index contributed by atoms with van der Waals surface area (Å²) < 4.78 is 13.4. The van der Waals surface area contributed by atoms with Crippen molar-refractivity contribution in [2.24, 2.45) is 5.92 Å². The Morgan fingerprint density at radius 3 is 2.65 bits per heavy atom. The van der Waals surface area contributed by atoms with E-state index in [1.54, 1.807) is 0 Å². The van der Waals surface area contributed by atoms with Gasteiger partial charge in [0.25, 0.3) is 5.91 Å². The molecule has 0 radical (unpaired) electrons. The van der Waals surface area contributed by atoms with Gasteiger partial charge in [-0.05, 0) is 30.9 Å². The van der Waals surface area contributed by atoms with Gasteiger partial charge in [-0.2, -0.15) is 4.39 Å². The van der Waals surface area contributed by atoms with Gasteiger partial charge in [0.05, 0.1) is 5.56 Å². The molecule has 1 unspecified atom stereocenters. The lowest BCUT2D eigenvalue weighted by atomic mass is 9.84. The molecule has 1 aliphatic rings. The van der Waals surface area contributed by atoms with Crippen LogP contribution in [0.15, 0.2) is 18.3 Å². The Bertz CT molecular complexity index is 501. The number of aliphatic carboxylic acids is 1. The zero-order valence-corrected chi connectivity index (χ0v) is 11.0. The number of hydrogen-bond acceptors (Lipinski definition) is 3. The number of aromatic nitrogens is 1. The fourth-order valence-corrected chi connectivity index (χ4v) is 2.62. The van der Waals surface area contributed by atoms with Crippen molar-refractivity contribution in [3.8, 4) is 0 Å². The zero-order chi connectivity index (χ0) is 14.5. The highest BCUT2D eigenvalue weighted by molar-refractivity contribution is 5.96. The molecule has 1 aliphatic carbocycles. The Morgan fingerprint density at radius 1 is 1.35 bits per heavy atom. The van der Waals surface area contributed by atoms with Crippen molar-refractivity contribution in [3.05, 3.63) is 29.8 Å². The Morgan fingerprint density at radius 2 is 2.05 bits per heavy atom. The smallest absolute Gasteiger partial charge is 0.326 e. The maximum atomic E-state index is 13.4. The fraction of sp³-hybridized carbons (Fsp3) is 0.500. The first kappa shape index (κ1) is 14.4. The van der Waals surface area contributed by atoms with E-state index in [2.05, 4.69) is 10.3 Å². The quantitative estimate of drug-likeness (QED) is 0.827. The van der Waals surface area contributed by atoms with E-state index >= 15 is 0 Å². The van der Waals surface area contributed by atoms with Crippen LogP contribution in [0, 0.1) is 11.9 Å². The van der Waals surface area contributed by atoms with Crippen LogP contribution in [0.4, 0.5) is 4.39 Å². The van der Waals surface area contributed by atoms with Crippen LogP contribution in [0.2, 0.25) is 0 Å². The minimum absolute atomic E-state index is 0.0927. The summed E-state index contributed by atoms with van der Waals surface area (Å²) in [5, 5.41) is 11.7. The monoisotopic (exact) mass is 280 g/mol. The van der Waals surface area contributed by atoms with Gasteiger partial charge in [0, 0.05) is 6.20 Å². The van der Waals surface area contributed by atoms with Crippen molar-refractivity contribution in [2.75, 3.05) is 0 Å².